The molecule has 0 aliphatic carbocycles. The molecular formula is C23H21ClF3N7O2. The number of pyridine rings is 1. The van der Waals surface area contributed by atoms with Gasteiger partial charge in [-0.25, -0.2) is 0 Å². The summed E-state index contributed by atoms with van der Waals surface area (Å²) in [5.41, 5.74) is 1.76. The second-order valence-corrected chi connectivity index (χ2v) is 9.19. The van der Waals surface area contributed by atoms with Crippen molar-refractivity contribution in [3.63, 3.8) is 0 Å². The van der Waals surface area contributed by atoms with Gasteiger partial charge in [-0.15, -0.1) is 10.2 Å². The third kappa shape index (κ3) is 4.22. The molecule has 13 heteroatoms. The number of alkyl halides is 3. The molecule has 2 aliphatic rings. The van der Waals surface area contributed by atoms with E-state index in [0.29, 0.717) is 41.3 Å². The van der Waals surface area contributed by atoms with E-state index in [0.717, 1.165) is 9.95 Å². The van der Waals surface area contributed by atoms with Crippen LogP contribution < -0.4 is 4.90 Å². The van der Waals surface area contributed by atoms with Crippen molar-refractivity contribution >= 4 is 34.1 Å². The van der Waals surface area contributed by atoms with Gasteiger partial charge in [-0.1, -0.05) is 11.6 Å². The number of hydrogen-bond donors (Lipinski definition) is 0. The largest absolute Gasteiger partial charge is 0.451 e. The standard InChI is InChI=1S/C23H21ClF3N7O2/c1-36-18-11-32(20-13(9-28)10-29-17-3-2-14(24)8-16(17)20)5-4-15(18)21(35)33-6-7-34-19(12-33)30-31-22(34)23(25,26)27/h2-3,8,10,15,18H,4-7,11-12H2,1H3/t15-,18+/m0/s1. The van der Waals surface area contributed by atoms with Crippen LogP contribution in [0.3, 0.4) is 0 Å². The minimum Gasteiger partial charge on any atom is -0.379 e. The molecule has 2 aliphatic heterocycles. The number of carbonyl (C=O) groups excluding carboxylic acids is 1. The highest BCUT2D eigenvalue weighted by molar-refractivity contribution is 6.31. The summed E-state index contributed by atoms with van der Waals surface area (Å²) >= 11 is 6.22. The molecule has 1 fully saturated rings. The predicted octanol–water partition coefficient (Wildman–Crippen LogP) is 3.25. The first-order valence-electron chi connectivity index (χ1n) is 11.3. The number of methoxy groups -OCH3 is 1. The van der Waals surface area contributed by atoms with E-state index in [4.69, 9.17) is 16.3 Å². The maximum absolute atomic E-state index is 13.4. The lowest BCUT2D eigenvalue weighted by atomic mass is 9.91. The minimum absolute atomic E-state index is 0.0330. The zero-order chi connectivity index (χ0) is 25.6. The zero-order valence-corrected chi connectivity index (χ0v) is 19.9. The number of aromatic nitrogens is 4. The van der Waals surface area contributed by atoms with Gasteiger partial charge in [-0.3, -0.25) is 9.78 Å². The van der Waals surface area contributed by atoms with Gasteiger partial charge in [-0.05, 0) is 24.6 Å². The quantitative estimate of drug-likeness (QED) is 0.523. The van der Waals surface area contributed by atoms with Crippen LogP contribution in [0.15, 0.2) is 24.4 Å². The molecule has 2 aromatic heterocycles. The maximum atomic E-state index is 13.4. The van der Waals surface area contributed by atoms with Crippen LogP contribution in [0.1, 0.15) is 23.6 Å². The average Bonchev–Trinajstić information content (AvgIpc) is 3.31. The Labute approximate surface area is 209 Å². The van der Waals surface area contributed by atoms with Crippen molar-refractivity contribution < 1.29 is 22.7 Å². The van der Waals surface area contributed by atoms with Gasteiger partial charge in [0, 0.05) is 49.9 Å². The number of nitriles is 1. The summed E-state index contributed by atoms with van der Waals surface area (Å²) in [6.07, 6.45) is -3.15. The zero-order valence-electron chi connectivity index (χ0n) is 19.2. The highest BCUT2D eigenvalue weighted by Gasteiger charge is 2.42. The first kappa shape index (κ1) is 24.3. The normalized spacial score (nSPS) is 20.3. The van der Waals surface area contributed by atoms with Crippen LogP contribution in [0.5, 0.6) is 0 Å². The van der Waals surface area contributed by atoms with Gasteiger partial charge in [0.2, 0.25) is 11.7 Å². The van der Waals surface area contributed by atoms with E-state index < -0.39 is 24.0 Å². The molecule has 0 N–H and O–H groups in total. The van der Waals surface area contributed by atoms with Gasteiger partial charge < -0.3 is 19.1 Å². The van der Waals surface area contributed by atoms with E-state index in [1.807, 2.05) is 4.90 Å². The Bertz CT molecular complexity index is 1370. The van der Waals surface area contributed by atoms with Crippen LogP contribution in [-0.4, -0.2) is 63.4 Å². The number of anilines is 1. The fourth-order valence-corrected chi connectivity index (χ4v) is 5.18. The van der Waals surface area contributed by atoms with Crippen molar-refractivity contribution in [2.24, 2.45) is 5.92 Å². The Morgan fingerprint density at radius 3 is 2.78 bits per heavy atom. The Morgan fingerprint density at radius 2 is 2.06 bits per heavy atom. The average molecular weight is 520 g/mol. The van der Waals surface area contributed by atoms with E-state index in [1.165, 1.54) is 18.2 Å². The number of halogens is 4. The number of benzene rings is 1. The third-order valence-electron chi connectivity index (χ3n) is 6.74. The molecule has 0 bridgehead atoms. The molecular weight excluding hydrogens is 499 g/mol. The maximum Gasteiger partial charge on any atom is 0.451 e. The van der Waals surface area contributed by atoms with Gasteiger partial charge in [0.1, 0.15) is 6.07 Å². The summed E-state index contributed by atoms with van der Waals surface area (Å²) in [4.78, 5) is 21.3. The van der Waals surface area contributed by atoms with Crippen molar-refractivity contribution in [1.29, 1.82) is 5.26 Å². The smallest absolute Gasteiger partial charge is 0.379 e. The van der Waals surface area contributed by atoms with E-state index in [9.17, 15) is 23.2 Å². The van der Waals surface area contributed by atoms with Gasteiger partial charge in [0.25, 0.3) is 0 Å². The summed E-state index contributed by atoms with van der Waals surface area (Å²) in [7, 11) is 1.52. The third-order valence-corrected chi connectivity index (χ3v) is 6.97. The number of rotatable bonds is 3. The lowest BCUT2D eigenvalue weighted by molar-refractivity contribution is -0.148. The fraction of sp³-hybridized carbons (Fsp3) is 0.435. The van der Waals surface area contributed by atoms with Gasteiger partial charge in [-0.2, -0.15) is 18.4 Å². The molecule has 1 amide bonds. The Hall–Kier alpha value is -3.43. The second kappa shape index (κ2) is 9.22. The molecule has 4 heterocycles. The van der Waals surface area contributed by atoms with Crippen LogP contribution in [0.25, 0.3) is 10.9 Å². The predicted molar refractivity (Wildman–Crippen MR) is 123 cm³/mol. The van der Waals surface area contributed by atoms with Gasteiger partial charge >= 0.3 is 6.18 Å². The van der Waals surface area contributed by atoms with E-state index in [-0.39, 0.29) is 31.4 Å². The SMILES string of the molecule is CO[C@@H]1CN(c2c(C#N)cnc3ccc(Cl)cc23)CC[C@@H]1C(=O)N1CCn2c(nnc2C(F)(F)F)C1. The molecule has 1 aromatic carbocycles. The number of nitrogens with zero attached hydrogens (tertiary/aromatic N) is 7. The monoisotopic (exact) mass is 519 g/mol. The molecule has 188 valence electrons. The number of hydrogen-bond acceptors (Lipinski definition) is 7. The summed E-state index contributed by atoms with van der Waals surface area (Å²) in [5.74, 6) is -1.64. The van der Waals surface area contributed by atoms with Crippen molar-refractivity contribution in [3.8, 4) is 6.07 Å². The molecule has 0 spiro atoms. The lowest BCUT2D eigenvalue weighted by Crippen LogP contribution is -2.52. The minimum atomic E-state index is -4.60. The Balaban J connectivity index is 1.37. The Kier molecular flexibility index (Phi) is 6.22. The first-order chi connectivity index (χ1) is 17.2. The van der Waals surface area contributed by atoms with Crippen molar-refractivity contribution in [2.75, 3.05) is 31.6 Å². The van der Waals surface area contributed by atoms with Gasteiger partial charge in [0.05, 0.1) is 35.3 Å². The van der Waals surface area contributed by atoms with Crippen molar-refractivity contribution in [1.82, 2.24) is 24.6 Å². The number of ether oxygens (including phenoxy) is 1. The first-order valence-corrected chi connectivity index (χ1v) is 11.6. The van der Waals surface area contributed by atoms with Crippen LogP contribution in [0.4, 0.5) is 18.9 Å². The molecule has 0 unspecified atom stereocenters. The number of piperidine rings is 1. The highest BCUT2D eigenvalue weighted by atomic mass is 35.5. The van der Waals surface area contributed by atoms with Crippen LogP contribution >= 0.6 is 11.6 Å². The van der Waals surface area contributed by atoms with Crippen LogP contribution in [-0.2, 0) is 28.8 Å². The summed E-state index contributed by atoms with van der Waals surface area (Å²) in [6.45, 7) is 0.850. The second-order valence-electron chi connectivity index (χ2n) is 8.76. The number of amides is 1. The van der Waals surface area contributed by atoms with Crippen molar-refractivity contribution in [2.45, 2.75) is 31.8 Å². The lowest BCUT2D eigenvalue weighted by Gasteiger charge is -2.41. The molecule has 1 saturated heterocycles. The fourth-order valence-electron chi connectivity index (χ4n) is 5.00. The molecule has 5 rings (SSSR count). The topological polar surface area (TPSA) is 100 Å². The molecule has 3 aromatic rings. The van der Waals surface area contributed by atoms with Crippen LogP contribution in [0.2, 0.25) is 5.02 Å². The molecule has 36 heavy (non-hydrogen) atoms. The van der Waals surface area contributed by atoms with Crippen LogP contribution in [0, 0.1) is 17.2 Å². The Morgan fingerprint density at radius 1 is 1.25 bits per heavy atom. The molecule has 9 nitrogen and oxygen atoms in total. The van der Waals surface area contributed by atoms with E-state index >= 15 is 0 Å². The summed E-state index contributed by atoms with van der Waals surface area (Å²) in [5, 5.41) is 17.9. The number of fused-ring (bicyclic) bond motifs is 2. The van der Waals surface area contributed by atoms with E-state index in [2.05, 4.69) is 21.3 Å². The van der Waals surface area contributed by atoms with E-state index in [1.54, 1.807) is 18.2 Å². The summed E-state index contributed by atoms with van der Waals surface area (Å²) in [6, 6.07) is 7.46. The molecule has 0 radical (unpaired) electrons. The van der Waals surface area contributed by atoms with Crippen molar-refractivity contribution in [3.05, 3.63) is 46.6 Å². The molecule has 2 atom stereocenters. The van der Waals surface area contributed by atoms with Gasteiger partial charge in [0.15, 0.2) is 5.82 Å². The summed E-state index contributed by atoms with van der Waals surface area (Å²) < 4.78 is 46.2. The highest BCUT2D eigenvalue weighted by Crippen LogP contribution is 2.35. The number of carbonyl (C=O) groups is 1. The molecule has 0 saturated carbocycles.